The molecule has 0 radical (unpaired) electrons. The lowest BCUT2D eigenvalue weighted by Gasteiger charge is -2.18. The van der Waals surface area contributed by atoms with E-state index in [9.17, 15) is 27.6 Å². The van der Waals surface area contributed by atoms with Crippen molar-refractivity contribution in [1.29, 1.82) is 0 Å². The Morgan fingerprint density at radius 2 is 1.81 bits per heavy atom. The van der Waals surface area contributed by atoms with Gasteiger partial charge in [0.2, 0.25) is 5.91 Å². The summed E-state index contributed by atoms with van der Waals surface area (Å²) in [6.45, 7) is 0.892. The molecule has 2 aliphatic heterocycles. The van der Waals surface area contributed by atoms with Gasteiger partial charge in [-0.15, -0.1) is 0 Å². The van der Waals surface area contributed by atoms with Gasteiger partial charge in [-0.2, -0.15) is 13.2 Å². The molecule has 0 atom stereocenters. The number of halogens is 3. The number of nitrogens with zero attached hydrogens (tertiary/aromatic N) is 2. The van der Waals surface area contributed by atoms with Crippen LogP contribution in [-0.4, -0.2) is 46.5 Å². The molecule has 3 heterocycles. The Hall–Kier alpha value is -3.01. The van der Waals surface area contributed by atoms with Crippen LogP contribution in [0.1, 0.15) is 24.2 Å². The predicted molar refractivity (Wildman–Crippen MR) is 108 cm³/mol. The SMILES string of the molecule is O=C(CN1C(=O)S/C(=C\c2ccc(-c3ccccc3C(F)(F)F)o2)C1=O)N1CCCC1. The molecular weight excluding hydrogens is 433 g/mol. The summed E-state index contributed by atoms with van der Waals surface area (Å²) in [6.07, 6.45) is -1.46. The van der Waals surface area contributed by atoms with Crippen molar-refractivity contribution in [2.45, 2.75) is 19.0 Å². The Morgan fingerprint density at radius 1 is 1.10 bits per heavy atom. The second-order valence-electron chi connectivity index (χ2n) is 7.10. The lowest BCUT2D eigenvalue weighted by molar-refractivity contribution is -0.137. The number of likely N-dealkylation sites (tertiary alicyclic amines) is 1. The minimum atomic E-state index is -4.55. The van der Waals surface area contributed by atoms with E-state index in [4.69, 9.17) is 4.42 Å². The molecule has 1 aromatic carbocycles. The van der Waals surface area contributed by atoms with Crippen molar-refractivity contribution in [3.63, 3.8) is 0 Å². The minimum absolute atomic E-state index is 0.0115. The first-order valence-corrected chi connectivity index (χ1v) is 10.4. The van der Waals surface area contributed by atoms with Crippen LogP contribution < -0.4 is 0 Å². The van der Waals surface area contributed by atoms with Gasteiger partial charge in [0.25, 0.3) is 11.1 Å². The highest BCUT2D eigenvalue weighted by molar-refractivity contribution is 8.18. The number of carbonyl (C=O) groups is 3. The van der Waals surface area contributed by atoms with Crippen molar-refractivity contribution >= 4 is 34.9 Å². The summed E-state index contributed by atoms with van der Waals surface area (Å²) in [5.74, 6) is -0.799. The highest BCUT2D eigenvalue weighted by Gasteiger charge is 2.38. The zero-order chi connectivity index (χ0) is 22.2. The van der Waals surface area contributed by atoms with E-state index in [2.05, 4.69) is 0 Å². The number of rotatable bonds is 4. The van der Waals surface area contributed by atoms with E-state index < -0.39 is 22.9 Å². The molecule has 0 N–H and O–H groups in total. The van der Waals surface area contributed by atoms with Gasteiger partial charge in [-0.05, 0) is 42.8 Å². The molecule has 0 bridgehead atoms. The maximum atomic E-state index is 13.2. The third-order valence-electron chi connectivity index (χ3n) is 5.02. The zero-order valence-electron chi connectivity index (χ0n) is 16.1. The lowest BCUT2D eigenvalue weighted by Crippen LogP contribution is -2.40. The van der Waals surface area contributed by atoms with Crippen molar-refractivity contribution in [3.05, 3.63) is 52.6 Å². The first-order valence-electron chi connectivity index (χ1n) is 9.53. The van der Waals surface area contributed by atoms with Crippen LogP contribution in [0.15, 0.2) is 45.7 Å². The Morgan fingerprint density at radius 3 is 2.52 bits per heavy atom. The molecule has 10 heteroatoms. The van der Waals surface area contributed by atoms with Gasteiger partial charge < -0.3 is 9.32 Å². The van der Waals surface area contributed by atoms with Gasteiger partial charge in [-0.3, -0.25) is 19.3 Å². The Labute approximate surface area is 179 Å². The van der Waals surface area contributed by atoms with Crippen LogP contribution in [0.2, 0.25) is 0 Å². The fourth-order valence-corrected chi connectivity index (χ4v) is 4.31. The van der Waals surface area contributed by atoms with Gasteiger partial charge in [0, 0.05) is 24.7 Å². The normalized spacial score (nSPS) is 18.5. The molecular formula is C21H17F3N2O4S. The monoisotopic (exact) mass is 450 g/mol. The summed E-state index contributed by atoms with van der Waals surface area (Å²) < 4.78 is 45.2. The number of alkyl halides is 3. The number of amides is 3. The van der Waals surface area contributed by atoms with Gasteiger partial charge in [0.05, 0.1) is 10.5 Å². The predicted octanol–water partition coefficient (Wildman–Crippen LogP) is 4.62. The van der Waals surface area contributed by atoms with E-state index in [-0.39, 0.29) is 34.4 Å². The van der Waals surface area contributed by atoms with E-state index in [1.165, 1.54) is 36.4 Å². The molecule has 2 aliphatic rings. The number of hydrogen-bond acceptors (Lipinski definition) is 5. The van der Waals surface area contributed by atoms with Crippen molar-refractivity contribution in [3.8, 4) is 11.3 Å². The average molecular weight is 450 g/mol. The molecule has 2 aromatic rings. The highest BCUT2D eigenvalue weighted by atomic mass is 32.2. The van der Waals surface area contributed by atoms with E-state index >= 15 is 0 Å². The number of furan rings is 1. The maximum absolute atomic E-state index is 13.2. The summed E-state index contributed by atoms with van der Waals surface area (Å²) in [5.41, 5.74) is -0.962. The van der Waals surface area contributed by atoms with Crippen molar-refractivity contribution < 1.29 is 32.0 Å². The first-order chi connectivity index (χ1) is 14.7. The fraction of sp³-hybridized carbons (Fsp3) is 0.286. The Balaban J connectivity index is 1.53. The molecule has 0 unspecified atom stereocenters. The van der Waals surface area contributed by atoms with Crippen LogP contribution in [0.3, 0.4) is 0 Å². The van der Waals surface area contributed by atoms with Gasteiger partial charge in [-0.1, -0.05) is 18.2 Å². The molecule has 6 nitrogen and oxygen atoms in total. The largest absolute Gasteiger partial charge is 0.457 e. The molecule has 0 spiro atoms. The Kier molecular flexibility index (Phi) is 5.65. The fourth-order valence-electron chi connectivity index (χ4n) is 3.49. The molecule has 1 aromatic heterocycles. The van der Waals surface area contributed by atoms with Gasteiger partial charge >= 0.3 is 6.18 Å². The smallest absolute Gasteiger partial charge is 0.417 e. The third kappa shape index (κ3) is 4.39. The number of carbonyl (C=O) groups excluding carboxylic acids is 3. The van der Waals surface area contributed by atoms with Gasteiger partial charge in [-0.25, -0.2) is 0 Å². The van der Waals surface area contributed by atoms with Gasteiger partial charge in [0.15, 0.2) is 0 Å². The van der Waals surface area contributed by atoms with E-state index in [1.807, 2.05) is 0 Å². The molecule has 0 saturated carbocycles. The molecule has 31 heavy (non-hydrogen) atoms. The van der Waals surface area contributed by atoms with Crippen LogP contribution in [0.4, 0.5) is 18.0 Å². The average Bonchev–Trinajstić information content (AvgIpc) is 3.46. The summed E-state index contributed by atoms with van der Waals surface area (Å²) in [4.78, 5) is 39.6. The topological polar surface area (TPSA) is 70.8 Å². The maximum Gasteiger partial charge on any atom is 0.417 e. The van der Waals surface area contributed by atoms with Crippen LogP contribution in [0.5, 0.6) is 0 Å². The standard InChI is InChI=1S/C21H17F3N2O4S/c22-21(23,24)15-6-2-1-5-14(15)16-8-7-13(30-16)11-17-19(28)26(20(29)31-17)12-18(27)25-9-3-4-10-25/h1-2,5-8,11H,3-4,9-10,12H2/b17-11-. The van der Waals surface area contributed by atoms with Crippen LogP contribution in [-0.2, 0) is 15.8 Å². The molecule has 2 fully saturated rings. The molecule has 2 saturated heterocycles. The quantitative estimate of drug-likeness (QED) is 0.636. The first kappa shape index (κ1) is 21.2. The Bertz CT molecular complexity index is 1070. The second kappa shape index (κ2) is 8.26. The molecule has 4 rings (SSSR count). The van der Waals surface area contributed by atoms with E-state index in [1.54, 1.807) is 4.90 Å². The van der Waals surface area contributed by atoms with E-state index in [0.29, 0.717) is 24.9 Å². The summed E-state index contributed by atoms with van der Waals surface area (Å²) in [7, 11) is 0. The van der Waals surface area contributed by atoms with E-state index in [0.717, 1.165) is 23.8 Å². The van der Waals surface area contributed by atoms with Crippen molar-refractivity contribution in [2.24, 2.45) is 0 Å². The summed E-state index contributed by atoms with van der Waals surface area (Å²) in [6, 6.07) is 7.80. The van der Waals surface area contributed by atoms with Gasteiger partial charge in [0.1, 0.15) is 18.1 Å². The molecule has 3 amide bonds. The van der Waals surface area contributed by atoms with Crippen molar-refractivity contribution in [2.75, 3.05) is 19.6 Å². The lowest BCUT2D eigenvalue weighted by atomic mass is 10.1. The third-order valence-corrected chi connectivity index (χ3v) is 5.93. The number of imide groups is 1. The number of hydrogen-bond donors (Lipinski definition) is 0. The minimum Gasteiger partial charge on any atom is -0.457 e. The number of benzene rings is 1. The zero-order valence-corrected chi connectivity index (χ0v) is 17.0. The summed E-state index contributed by atoms with van der Waals surface area (Å²) in [5, 5.41) is -0.571. The van der Waals surface area contributed by atoms with Crippen LogP contribution in [0, 0.1) is 0 Å². The highest BCUT2D eigenvalue weighted by Crippen LogP contribution is 2.38. The summed E-state index contributed by atoms with van der Waals surface area (Å²) >= 11 is 0.661. The number of thioether (sulfide) groups is 1. The van der Waals surface area contributed by atoms with Crippen LogP contribution in [0.25, 0.3) is 17.4 Å². The molecule has 0 aliphatic carbocycles. The second-order valence-corrected chi connectivity index (χ2v) is 8.09. The van der Waals surface area contributed by atoms with Crippen molar-refractivity contribution in [1.82, 2.24) is 9.80 Å². The molecule has 162 valence electrons. The van der Waals surface area contributed by atoms with Crippen LogP contribution >= 0.6 is 11.8 Å².